The molecule has 0 bridgehead atoms. The van der Waals surface area contributed by atoms with E-state index in [9.17, 15) is 0 Å². The molecule has 0 spiro atoms. The summed E-state index contributed by atoms with van der Waals surface area (Å²) in [6.07, 6.45) is 4.01. The van der Waals surface area contributed by atoms with Gasteiger partial charge in [-0.25, -0.2) is 0 Å². The lowest BCUT2D eigenvalue weighted by Crippen LogP contribution is -2.16. The van der Waals surface area contributed by atoms with Crippen molar-refractivity contribution in [3.05, 3.63) is 17.5 Å². The average Bonchev–Trinajstić information content (AvgIpc) is 2.58. The summed E-state index contributed by atoms with van der Waals surface area (Å²) in [7, 11) is 0. The molecule has 3 heteroatoms. The lowest BCUT2D eigenvalue weighted by Gasteiger charge is -2.02. The maximum atomic E-state index is 5.85. The fourth-order valence-corrected chi connectivity index (χ4v) is 1.42. The highest BCUT2D eigenvalue weighted by Gasteiger charge is 2.04. The standard InChI is InChI=1S/C13H21N3/c1-5-6-13(14)8-7-12-9-16(10(2)3)15-11(12)4/h9-10,13H,5-6,14H2,1-4H3. The maximum absolute atomic E-state index is 5.85. The fourth-order valence-electron chi connectivity index (χ4n) is 1.42. The van der Waals surface area contributed by atoms with E-state index in [0.717, 1.165) is 24.1 Å². The van der Waals surface area contributed by atoms with Crippen LogP contribution in [0.3, 0.4) is 0 Å². The first-order valence-corrected chi connectivity index (χ1v) is 5.87. The topological polar surface area (TPSA) is 43.8 Å². The predicted molar refractivity (Wildman–Crippen MR) is 67.1 cm³/mol. The highest BCUT2D eigenvalue weighted by molar-refractivity contribution is 5.36. The second-order valence-electron chi connectivity index (χ2n) is 4.37. The zero-order chi connectivity index (χ0) is 12.1. The molecule has 1 aromatic heterocycles. The Hall–Kier alpha value is -1.27. The van der Waals surface area contributed by atoms with Crippen molar-refractivity contribution >= 4 is 0 Å². The molecule has 1 unspecified atom stereocenters. The number of rotatable bonds is 3. The highest BCUT2D eigenvalue weighted by Crippen LogP contribution is 2.09. The van der Waals surface area contributed by atoms with Gasteiger partial charge in [-0.05, 0) is 27.2 Å². The highest BCUT2D eigenvalue weighted by atomic mass is 15.3. The number of hydrogen-bond donors (Lipinski definition) is 1. The lowest BCUT2D eigenvalue weighted by molar-refractivity contribution is 0.529. The summed E-state index contributed by atoms with van der Waals surface area (Å²) in [5.41, 5.74) is 7.81. The Bertz CT molecular complexity index is 393. The molecule has 16 heavy (non-hydrogen) atoms. The van der Waals surface area contributed by atoms with E-state index >= 15 is 0 Å². The third-order valence-electron chi connectivity index (χ3n) is 2.44. The molecule has 0 aliphatic rings. The van der Waals surface area contributed by atoms with E-state index in [1.807, 2.05) is 17.8 Å². The SMILES string of the molecule is CCCC(N)C#Cc1cn(C(C)C)nc1C. The van der Waals surface area contributed by atoms with Crippen molar-refractivity contribution in [2.45, 2.75) is 52.6 Å². The Morgan fingerprint density at radius 3 is 2.69 bits per heavy atom. The largest absolute Gasteiger partial charge is 0.318 e. The number of hydrogen-bond acceptors (Lipinski definition) is 2. The molecular formula is C13H21N3. The molecule has 1 heterocycles. The Morgan fingerprint density at radius 2 is 2.19 bits per heavy atom. The van der Waals surface area contributed by atoms with Crippen LogP contribution in [0.25, 0.3) is 0 Å². The van der Waals surface area contributed by atoms with Gasteiger partial charge in [0.15, 0.2) is 0 Å². The van der Waals surface area contributed by atoms with Gasteiger partial charge in [-0.1, -0.05) is 25.2 Å². The summed E-state index contributed by atoms with van der Waals surface area (Å²) in [6.45, 7) is 8.30. The third kappa shape index (κ3) is 3.39. The van der Waals surface area contributed by atoms with Gasteiger partial charge in [-0.2, -0.15) is 5.10 Å². The van der Waals surface area contributed by atoms with Crippen LogP contribution < -0.4 is 5.73 Å². The molecule has 0 radical (unpaired) electrons. The van der Waals surface area contributed by atoms with Crippen molar-refractivity contribution in [1.82, 2.24) is 9.78 Å². The van der Waals surface area contributed by atoms with Crippen molar-refractivity contribution < 1.29 is 0 Å². The van der Waals surface area contributed by atoms with Gasteiger partial charge in [0, 0.05) is 12.2 Å². The van der Waals surface area contributed by atoms with E-state index in [1.165, 1.54) is 0 Å². The van der Waals surface area contributed by atoms with Crippen molar-refractivity contribution in [1.29, 1.82) is 0 Å². The van der Waals surface area contributed by atoms with Gasteiger partial charge >= 0.3 is 0 Å². The van der Waals surface area contributed by atoms with Gasteiger partial charge in [-0.15, -0.1) is 0 Å². The summed E-state index contributed by atoms with van der Waals surface area (Å²) in [5.74, 6) is 6.18. The van der Waals surface area contributed by atoms with Crippen LogP contribution in [-0.4, -0.2) is 15.8 Å². The zero-order valence-electron chi connectivity index (χ0n) is 10.6. The van der Waals surface area contributed by atoms with Crippen molar-refractivity contribution in [2.75, 3.05) is 0 Å². The number of nitrogens with two attached hydrogens (primary N) is 1. The smallest absolute Gasteiger partial charge is 0.0750 e. The first-order chi connectivity index (χ1) is 7.54. The van der Waals surface area contributed by atoms with Crippen LogP contribution in [0.15, 0.2) is 6.20 Å². The second kappa shape index (κ2) is 5.72. The minimum absolute atomic E-state index is 0.0215. The second-order valence-corrected chi connectivity index (χ2v) is 4.37. The van der Waals surface area contributed by atoms with E-state index in [1.54, 1.807) is 0 Å². The third-order valence-corrected chi connectivity index (χ3v) is 2.44. The quantitative estimate of drug-likeness (QED) is 0.792. The van der Waals surface area contributed by atoms with Gasteiger partial charge in [0.25, 0.3) is 0 Å². The van der Waals surface area contributed by atoms with Gasteiger partial charge < -0.3 is 5.73 Å². The lowest BCUT2D eigenvalue weighted by atomic mass is 10.1. The first-order valence-electron chi connectivity index (χ1n) is 5.87. The minimum Gasteiger partial charge on any atom is -0.318 e. The van der Waals surface area contributed by atoms with Gasteiger partial charge in [0.05, 0.1) is 17.3 Å². The summed E-state index contributed by atoms with van der Waals surface area (Å²) in [5, 5.41) is 4.41. The molecule has 0 aliphatic heterocycles. The van der Waals surface area contributed by atoms with Crippen molar-refractivity contribution in [3.63, 3.8) is 0 Å². The molecule has 2 N–H and O–H groups in total. The summed E-state index contributed by atoms with van der Waals surface area (Å²) in [6, 6.07) is 0.352. The molecule has 88 valence electrons. The Balaban J connectivity index is 2.80. The molecular weight excluding hydrogens is 198 g/mol. The average molecular weight is 219 g/mol. The van der Waals surface area contributed by atoms with Crippen LogP contribution in [-0.2, 0) is 0 Å². The monoisotopic (exact) mass is 219 g/mol. The molecule has 3 nitrogen and oxygen atoms in total. The molecule has 0 fully saturated rings. The van der Waals surface area contributed by atoms with Gasteiger partial charge in [0.1, 0.15) is 0 Å². The van der Waals surface area contributed by atoms with Crippen LogP contribution in [0.4, 0.5) is 0 Å². The van der Waals surface area contributed by atoms with Crippen LogP contribution >= 0.6 is 0 Å². The molecule has 0 saturated carbocycles. The summed E-state index contributed by atoms with van der Waals surface area (Å²) < 4.78 is 1.94. The van der Waals surface area contributed by atoms with Gasteiger partial charge in [-0.3, -0.25) is 4.68 Å². The van der Waals surface area contributed by atoms with E-state index in [-0.39, 0.29) is 6.04 Å². The van der Waals surface area contributed by atoms with Crippen LogP contribution in [0.2, 0.25) is 0 Å². The first kappa shape index (κ1) is 12.8. The zero-order valence-corrected chi connectivity index (χ0v) is 10.6. The molecule has 0 aliphatic carbocycles. The van der Waals surface area contributed by atoms with E-state index < -0.39 is 0 Å². The van der Waals surface area contributed by atoms with Crippen molar-refractivity contribution in [3.8, 4) is 11.8 Å². The number of aromatic nitrogens is 2. The van der Waals surface area contributed by atoms with E-state index in [2.05, 4.69) is 37.7 Å². The van der Waals surface area contributed by atoms with E-state index in [0.29, 0.717) is 6.04 Å². The minimum atomic E-state index is -0.0215. The molecule has 1 atom stereocenters. The Morgan fingerprint density at radius 1 is 1.50 bits per heavy atom. The normalized spacial score (nSPS) is 12.4. The maximum Gasteiger partial charge on any atom is 0.0750 e. The van der Waals surface area contributed by atoms with E-state index in [4.69, 9.17) is 5.73 Å². The van der Waals surface area contributed by atoms with Crippen LogP contribution in [0.5, 0.6) is 0 Å². The molecule has 0 saturated heterocycles. The predicted octanol–water partition coefficient (Wildman–Crippen LogP) is 2.25. The van der Waals surface area contributed by atoms with Crippen molar-refractivity contribution in [2.24, 2.45) is 5.73 Å². The molecule has 0 aromatic carbocycles. The number of aryl methyl sites for hydroxylation is 1. The van der Waals surface area contributed by atoms with Gasteiger partial charge in [0.2, 0.25) is 0 Å². The summed E-state index contributed by atoms with van der Waals surface area (Å²) >= 11 is 0. The molecule has 0 amide bonds. The number of nitrogens with zero attached hydrogens (tertiary/aromatic N) is 2. The Kier molecular flexibility index (Phi) is 4.57. The van der Waals surface area contributed by atoms with Crippen LogP contribution in [0, 0.1) is 18.8 Å². The Labute approximate surface area is 98.0 Å². The summed E-state index contributed by atoms with van der Waals surface area (Å²) in [4.78, 5) is 0. The van der Waals surface area contributed by atoms with Crippen LogP contribution in [0.1, 0.15) is 50.9 Å². The molecule has 1 aromatic rings. The fraction of sp³-hybridized carbons (Fsp3) is 0.615. The molecule has 1 rings (SSSR count).